The lowest BCUT2D eigenvalue weighted by atomic mass is 10.1. The van der Waals surface area contributed by atoms with Gasteiger partial charge in [-0.15, -0.1) is 0 Å². The lowest BCUT2D eigenvalue weighted by molar-refractivity contribution is 0.488. The molecule has 3 aromatic carbocycles. The number of fused-ring (bicyclic) bond motifs is 1. The van der Waals surface area contributed by atoms with Gasteiger partial charge in [-0.2, -0.15) is 5.11 Å². The molecule has 0 amide bonds. The molecule has 4 rings (SSSR count). The van der Waals surface area contributed by atoms with Crippen LogP contribution >= 0.6 is 34.2 Å². The second kappa shape index (κ2) is 9.40. The largest absolute Gasteiger partial charge is 0.457 e. The number of nitrogens with zero attached hydrogens (tertiary/aromatic N) is 2. The third-order valence-corrected chi connectivity index (χ3v) is 5.20. The molecule has 1 aromatic heterocycles. The Morgan fingerprint density at radius 3 is 2.65 bits per heavy atom. The van der Waals surface area contributed by atoms with E-state index in [4.69, 9.17) is 21.9 Å². The number of anilines is 1. The molecule has 154 valence electrons. The van der Waals surface area contributed by atoms with Crippen LogP contribution in [0.3, 0.4) is 0 Å². The number of halogens is 3. The first kappa shape index (κ1) is 21.2. The molecule has 0 aliphatic rings. The van der Waals surface area contributed by atoms with Gasteiger partial charge >= 0.3 is 0 Å². The first-order valence-electron chi connectivity index (χ1n) is 9.16. The molecule has 0 saturated carbocycles. The molecule has 8 heteroatoms. The SMILES string of the molecule is N=N/C(=C\Nc1ccc(F)cc1)c1ccc2c(Oc3cc(Cl)cc(I)c3)cccc2n1. The third-order valence-electron chi connectivity index (χ3n) is 4.36. The van der Waals surface area contributed by atoms with E-state index in [1.807, 2.05) is 36.4 Å². The highest BCUT2D eigenvalue weighted by Crippen LogP contribution is 2.32. The Labute approximate surface area is 196 Å². The summed E-state index contributed by atoms with van der Waals surface area (Å²) >= 11 is 8.32. The monoisotopic (exact) mass is 544 g/mol. The van der Waals surface area contributed by atoms with Gasteiger partial charge in [0, 0.05) is 25.9 Å². The van der Waals surface area contributed by atoms with Crippen LogP contribution in [-0.4, -0.2) is 4.98 Å². The minimum atomic E-state index is -0.318. The Bertz CT molecular complexity index is 1270. The highest BCUT2D eigenvalue weighted by molar-refractivity contribution is 14.1. The zero-order valence-electron chi connectivity index (χ0n) is 15.9. The molecule has 0 radical (unpaired) electrons. The predicted octanol–water partition coefficient (Wildman–Crippen LogP) is 7.87. The Kier molecular flexibility index (Phi) is 6.43. The topological polar surface area (TPSA) is 70.4 Å². The molecular weight excluding hydrogens is 530 g/mol. The maximum atomic E-state index is 13.1. The van der Waals surface area contributed by atoms with Gasteiger partial charge in [0.25, 0.3) is 0 Å². The molecule has 0 atom stereocenters. The van der Waals surface area contributed by atoms with Gasteiger partial charge in [-0.25, -0.2) is 14.9 Å². The molecule has 4 aromatic rings. The first-order chi connectivity index (χ1) is 15.0. The number of hydrogen-bond donors (Lipinski definition) is 2. The standard InChI is InChI=1S/C23H15ClFIN4O/c24-14-10-16(26)12-18(11-14)31-23-3-1-2-20-19(23)8-9-21(29-20)22(30-27)13-28-17-6-4-15(25)5-7-17/h1-13,27-28H/b22-13-,30-27?. The molecule has 0 saturated heterocycles. The van der Waals surface area contributed by atoms with Crippen molar-refractivity contribution < 1.29 is 9.13 Å². The number of ether oxygens (including phenoxy) is 1. The van der Waals surface area contributed by atoms with Crippen LogP contribution < -0.4 is 10.1 Å². The van der Waals surface area contributed by atoms with Crippen LogP contribution in [0.15, 0.2) is 84.1 Å². The molecule has 2 N–H and O–H groups in total. The van der Waals surface area contributed by atoms with Gasteiger partial charge in [0.1, 0.15) is 23.0 Å². The average Bonchev–Trinajstić information content (AvgIpc) is 2.75. The minimum Gasteiger partial charge on any atom is -0.457 e. The maximum Gasteiger partial charge on any atom is 0.136 e. The summed E-state index contributed by atoms with van der Waals surface area (Å²) in [6, 6.07) is 20.6. The summed E-state index contributed by atoms with van der Waals surface area (Å²) in [7, 11) is 0. The normalized spacial score (nSPS) is 11.4. The molecule has 0 spiro atoms. The van der Waals surface area contributed by atoms with Gasteiger partial charge in [-0.1, -0.05) is 17.7 Å². The van der Waals surface area contributed by atoms with E-state index in [1.165, 1.54) is 12.1 Å². The number of benzene rings is 3. The lowest BCUT2D eigenvalue weighted by Gasteiger charge is -2.10. The Morgan fingerprint density at radius 1 is 1.10 bits per heavy atom. The first-order valence-corrected chi connectivity index (χ1v) is 10.6. The van der Waals surface area contributed by atoms with E-state index in [0.29, 0.717) is 39.1 Å². The lowest BCUT2D eigenvalue weighted by Crippen LogP contribution is -1.94. The molecule has 0 bridgehead atoms. The maximum absolute atomic E-state index is 13.1. The predicted molar refractivity (Wildman–Crippen MR) is 129 cm³/mol. The zero-order chi connectivity index (χ0) is 21.8. The smallest absolute Gasteiger partial charge is 0.136 e. The van der Waals surface area contributed by atoms with Gasteiger partial charge in [-0.3, -0.25) is 0 Å². The van der Waals surface area contributed by atoms with E-state index in [-0.39, 0.29) is 5.82 Å². The molecular formula is C23H15ClFIN4O. The van der Waals surface area contributed by atoms with Crippen LogP contribution in [0.4, 0.5) is 10.1 Å². The van der Waals surface area contributed by atoms with Gasteiger partial charge in [0.15, 0.2) is 0 Å². The summed E-state index contributed by atoms with van der Waals surface area (Å²) in [4.78, 5) is 4.62. The van der Waals surface area contributed by atoms with Crippen molar-refractivity contribution in [3.8, 4) is 11.5 Å². The fraction of sp³-hybridized carbons (Fsp3) is 0. The molecule has 0 unspecified atom stereocenters. The summed E-state index contributed by atoms with van der Waals surface area (Å²) in [5, 5.41) is 7.99. The zero-order valence-corrected chi connectivity index (χ0v) is 18.9. The number of nitrogens with one attached hydrogen (secondary N) is 2. The van der Waals surface area contributed by atoms with E-state index in [1.54, 1.807) is 30.5 Å². The molecule has 5 nitrogen and oxygen atoms in total. The van der Waals surface area contributed by atoms with Gasteiger partial charge in [-0.05, 0) is 89.3 Å². The van der Waals surface area contributed by atoms with E-state index < -0.39 is 0 Å². The van der Waals surface area contributed by atoms with Crippen LogP contribution in [0.2, 0.25) is 5.02 Å². The summed E-state index contributed by atoms with van der Waals surface area (Å²) in [6.07, 6.45) is 1.56. The van der Waals surface area contributed by atoms with E-state index >= 15 is 0 Å². The summed E-state index contributed by atoms with van der Waals surface area (Å²) in [6.45, 7) is 0. The van der Waals surface area contributed by atoms with Gasteiger partial charge in [0.2, 0.25) is 0 Å². The summed E-state index contributed by atoms with van der Waals surface area (Å²) < 4.78 is 20.1. The van der Waals surface area contributed by atoms with Crippen LogP contribution in [0.5, 0.6) is 11.5 Å². The molecule has 0 aliphatic heterocycles. The average molecular weight is 545 g/mol. The van der Waals surface area contributed by atoms with Gasteiger partial charge < -0.3 is 10.1 Å². The number of rotatable bonds is 6. The fourth-order valence-electron chi connectivity index (χ4n) is 2.93. The number of aromatic nitrogens is 1. The van der Waals surface area contributed by atoms with Crippen molar-refractivity contribution in [1.29, 1.82) is 5.53 Å². The van der Waals surface area contributed by atoms with Crippen molar-refractivity contribution >= 4 is 56.5 Å². The highest BCUT2D eigenvalue weighted by Gasteiger charge is 2.09. The minimum absolute atomic E-state index is 0.318. The van der Waals surface area contributed by atoms with Crippen LogP contribution in [-0.2, 0) is 0 Å². The molecule has 1 heterocycles. The Hall–Kier alpha value is -3.04. The highest BCUT2D eigenvalue weighted by atomic mass is 127. The summed E-state index contributed by atoms with van der Waals surface area (Å²) in [5.74, 6) is 0.966. The summed E-state index contributed by atoms with van der Waals surface area (Å²) in [5.41, 5.74) is 9.74. The second-order valence-corrected chi connectivity index (χ2v) is 8.20. The Balaban J connectivity index is 1.63. The number of pyridine rings is 1. The van der Waals surface area contributed by atoms with Crippen LogP contribution in [0.1, 0.15) is 5.69 Å². The van der Waals surface area contributed by atoms with Crippen molar-refractivity contribution in [3.05, 3.63) is 99.1 Å². The second-order valence-electron chi connectivity index (χ2n) is 6.52. The van der Waals surface area contributed by atoms with Crippen molar-refractivity contribution in [3.63, 3.8) is 0 Å². The van der Waals surface area contributed by atoms with Crippen LogP contribution in [0, 0.1) is 14.9 Å². The van der Waals surface area contributed by atoms with Crippen molar-refractivity contribution in [1.82, 2.24) is 4.98 Å². The Morgan fingerprint density at radius 2 is 1.90 bits per heavy atom. The van der Waals surface area contributed by atoms with E-state index in [0.717, 1.165) is 8.96 Å². The third kappa shape index (κ3) is 5.18. The van der Waals surface area contributed by atoms with E-state index in [9.17, 15) is 4.39 Å². The molecule has 0 fully saturated rings. The quantitative estimate of drug-likeness (QED) is 0.192. The molecule has 31 heavy (non-hydrogen) atoms. The molecule has 0 aliphatic carbocycles. The van der Waals surface area contributed by atoms with E-state index in [2.05, 4.69) is 38.0 Å². The van der Waals surface area contributed by atoms with Crippen molar-refractivity contribution in [2.24, 2.45) is 5.11 Å². The fourth-order valence-corrected chi connectivity index (χ4v) is 3.99. The van der Waals surface area contributed by atoms with Gasteiger partial charge in [0.05, 0.1) is 11.2 Å². The van der Waals surface area contributed by atoms with Crippen molar-refractivity contribution in [2.75, 3.05) is 5.32 Å². The van der Waals surface area contributed by atoms with Crippen LogP contribution in [0.25, 0.3) is 16.6 Å². The van der Waals surface area contributed by atoms with Crippen molar-refractivity contribution in [2.45, 2.75) is 0 Å². The number of hydrogen-bond acceptors (Lipinski definition) is 5.